The van der Waals surface area contributed by atoms with E-state index in [1.165, 1.54) is 0 Å². The standard InChI is InChI=1S/C12H17NO3/c13-11-6-2-1-5-10(11)9-12(15)16-8-4-3-7-14/h1-2,5-6,14H,3-4,7-9,13H2. The number of benzene rings is 1. The quantitative estimate of drug-likeness (QED) is 0.431. The van der Waals surface area contributed by atoms with Gasteiger partial charge in [-0.2, -0.15) is 0 Å². The van der Waals surface area contributed by atoms with Crippen molar-refractivity contribution in [1.82, 2.24) is 0 Å². The molecule has 4 nitrogen and oxygen atoms in total. The van der Waals surface area contributed by atoms with E-state index in [-0.39, 0.29) is 19.0 Å². The number of aliphatic hydroxyl groups excluding tert-OH is 1. The second-order valence-electron chi connectivity index (χ2n) is 3.53. The Morgan fingerprint density at radius 2 is 2.06 bits per heavy atom. The first-order valence-corrected chi connectivity index (χ1v) is 5.34. The molecule has 0 amide bonds. The molecule has 0 heterocycles. The molecule has 1 aromatic rings. The third kappa shape index (κ3) is 4.31. The first-order valence-electron chi connectivity index (χ1n) is 5.34. The molecule has 0 saturated heterocycles. The summed E-state index contributed by atoms with van der Waals surface area (Å²) in [5.41, 5.74) is 7.10. The molecule has 0 spiro atoms. The molecular weight excluding hydrogens is 206 g/mol. The number of carbonyl (C=O) groups excluding carboxylic acids is 1. The maximum Gasteiger partial charge on any atom is 0.310 e. The molecule has 0 aliphatic carbocycles. The fraction of sp³-hybridized carbons (Fsp3) is 0.417. The number of anilines is 1. The van der Waals surface area contributed by atoms with Crippen molar-refractivity contribution in [2.75, 3.05) is 18.9 Å². The third-order valence-electron chi connectivity index (χ3n) is 2.21. The van der Waals surface area contributed by atoms with Gasteiger partial charge in [-0.25, -0.2) is 0 Å². The zero-order valence-electron chi connectivity index (χ0n) is 9.19. The Kier molecular flexibility index (Phi) is 5.36. The molecule has 88 valence electrons. The summed E-state index contributed by atoms with van der Waals surface area (Å²) >= 11 is 0. The highest BCUT2D eigenvalue weighted by molar-refractivity contribution is 5.74. The van der Waals surface area contributed by atoms with Crippen LogP contribution in [0.3, 0.4) is 0 Å². The average molecular weight is 223 g/mol. The molecule has 1 rings (SSSR count). The monoisotopic (exact) mass is 223 g/mol. The molecule has 0 aliphatic heterocycles. The van der Waals surface area contributed by atoms with Gasteiger partial charge in [-0.15, -0.1) is 0 Å². The summed E-state index contributed by atoms with van der Waals surface area (Å²) in [4.78, 5) is 11.4. The van der Waals surface area contributed by atoms with Gasteiger partial charge in [0.2, 0.25) is 0 Å². The van der Waals surface area contributed by atoms with Gasteiger partial charge in [0.25, 0.3) is 0 Å². The Balaban J connectivity index is 2.32. The van der Waals surface area contributed by atoms with Crippen molar-refractivity contribution in [1.29, 1.82) is 0 Å². The Morgan fingerprint density at radius 1 is 1.31 bits per heavy atom. The molecule has 0 fully saturated rings. The minimum absolute atomic E-state index is 0.128. The van der Waals surface area contributed by atoms with Crippen molar-refractivity contribution in [3.05, 3.63) is 29.8 Å². The summed E-state index contributed by atoms with van der Waals surface area (Å²) in [5, 5.41) is 8.55. The topological polar surface area (TPSA) is 72.6 Å². The molecule has 1 aromatic carbocycles. The van der Waals surface area contributed by atoms with Crippen molar-refractivity contribution in [3.8, 4) is 0 Å². The zero-order chi connectivity index (χ0) is 11.8. The van der Waals surface area contributed by atoms with Gasteiger partial charge >= 0.3 is 5.97 Å². The first kappa shape index (κ1) is 12.5. The number of hydrogen-bond acceptors (Lipinski definition) is 4. The molecule has 4 heteroatoms. The van der Waals surface area contributed by atoms with Gasteiger partial charge in [-0.3, -0.25) is 4.79 Å². The van der Waals surface area contributed by atoms with E-state index in [0.717, 1.165) is 5.56 Å². The number of nitrogen functional groups attached to an aromatic ring is 1. The molecule has 0 unspecified atom stereocenters. The summed E-state index contributed by atoms with van der Waals surface area (Å²) in [5.74, 6) is -0.282. The van der Waals surface area contributed by atoms with Crippen molar-refractivity contribution >= 4 is 11.7 Å². The SMILES string of the molecule is Nc1ccccc1CC(=O)OCCCCO. The van der Waals surface area contributed by atoms with E-state index in [1.54, 1.807) is 6.07 Å². The molecule has 0 radical (unpaired) electrons. The van der Waals surface area contributed by atoms with Crippen LogP contribution in [0.1, 0.15) is 18.4 Å². The van der Waals surface area contributed by atoms with Crippen molar-refractivity contribution in [2.24, 2.45) is 0 Å². The highest BCUT2D eigenvalue weighted by Gasteiger charge is 2.06. The summed E-state index contributed by atoms with van der Waals surface area (Å²) in [7, 11) is 0. The van der Waals surface area contributed by atoms with Crippen molar-refractivity contribution in [3.63, 3.8) is 0 Å². The fourth-order valence-corrected chi connectivity index (χ4v) is 1.30. The lowest BCUT2D eigenvalue weighted by Crippen LogP contribution is -2.10. The van der Waals surface area contributed by atoms with Gasteiger partial charge in [0, 0.05) is 12.3 Å². The smallest absolute Gasteiger partial charge is 0.310 e. The lowest BCUT2D eigenvalue weighted by molar-refractivity contribution is -0.143. The largest absolute Gasteiger partial charge is 0.465 e. The van der Waals surface area contributed by atoms with Crippen molar-refractivity contribution < 1.29 is 14.6 Å². The van der Waals surface area contributed by atoms with E-state index in [0.29, 0.717) is 25.1 Å². The van der Waals surface area contributed by atoms with E-state index >= 15 is 0 Å². The highest BCUT2D eigenvalue weighted by Crippen LogP contribution is 2.11. The maximum atomic E-state index is 11.4. The van der Waals surface area contributed by atoms with Gasteiger partial charge in [-0.1, -0.05) is 18.2 Å². The lowest BCUT2D eigenvalue weighted by Gasteiger charge is -2.06. The number of hydrogen-bond donors (Lipinski definition) is 2. The van der Waals surface area contributed by atoms with E-state index in [1.807, 2.05) is 18.2 Å². The first-order chi connectivity index (χ1) is 7.74. The van der Waals surface area contributed by atoms with Gasteiger partial charge in [0.15, 0.2) is 0 Å². The average Bonchev–Trinajstić information content (AvgIpc) is 2.28. The number of rotatable bonds is 6. The van der Waals surface area contributed by atoms with Crippen LogP contribution in [0.25, 0.3) is 0 Å². The van der Waals surface area contributed by atoms with Gasteiger partial charge in [0.05, 0.1) is 13.0 Å². The van der Waals surface area contributed by atoms with Crippen molar-refractivity contribution in [2.45, 2.75) is 19.3 Å². The van der Waals surface area contributed by atoms with Crippen LogP contribution in [0, 0.1) is 0 Å². The van der Waals surface area contributed by atoms with Crippen LogP contribution in [-0.2, 0) is 16.0 Å². The predicted octanol–water partition coefficient (Wildman–Crippen LogP) is 1.13. The number of unbranched alkanes of at least 4 members (excludes halogenated alkanes) is 1. The molecule has 0 aliphatic rings. The van der Waals surface area contributed by atoms with Crippen LogP contribution in [0.4, 0.5) is 5.69 Å². The number of para-hydroxylation sites is 1. The number of carbonyl (C=O) groups is 1. The summed E-state index contributed by atoms with van der Waals surface area (Å²) in [6, 6.07) is 7.23. The number of esters is 1. The molecular formula is C12H17NO3. The minimum Gasteiger partial charge on any atom is -0.465 e. The van der Waals surface area contributed by atoms with Gasteiger partial charge in [-0.05, 0) is 24.5 Å². The van der Waals surface area contributed by atoms with E-state index < -0.39 is 0 Å². The molecule has 0 atom stereocenters. The van der Waals surface area contributed by atoms with Crippen LogP contribution in [0.15, 0.2) is 24.3 Å². The number of aliphatic hydroxyl groups is 1. The van der Waals surface area contributed by atoms with E-state index in [9.17, 15) is 4.79 Å². The normalized spacial score (nSPS) is 10.1. The second kappa shape index (κ2) is 6.85. The molecule has 16 heavy (non-hydrogen) atoms. The Bertz CT molecular complexity index is 339. The second-order valence-corrected chi connectivity index (χ2v) is 3.53. The molecule has 0 aromatic heterocycles. The zero-order valence-corrected chi connectivity index (χ0v) is 9.19. The molecule has 3 N–H and O–H groups in total. The van der Waals surface area contributed by atoms with Gasteiger partial charge < -0.3 is 15.6 Å². The number of ether oxygens (including phenoxy) is 1. The third-order valence-corrected chi connectivity index (χ3v) is 2.21. The number of nitrogens with two attached hydrogens (primary N) is 1. The summed E-state index contributed by atoms with van der Waals surface area (Å²) < 4.78 is 5.00. The Hall–Kier alpha value is -1.55. The van der Waals surface area contributed by atoms with E-state index in [4.69, 9.17) is 15.6 Å². The van der Waals surface area contributed by atoms with Crippen LogP contribution in [-0.4, -0.2) is 24.3 Å². The molecule has 0 bridgehead atoms. The molecule has 0 saturated carbocycles. The lowest BCUT2D eigenvalue weighted by atomic mass is 10.1. The Labute approximate surface area is 95.0 Å². The minimum atomic E-state index is -0.282. The Morgan fingerprint density at radius 3 is 2.75 bits per heavy atom. The highest BCUT2D eigenvalue weighted by atomic mass is 16.5. The van der Waals surface area contributed by atoms with Crippen LogP contribution in [0.2, 0.25) is 0 Å². The fourth-order valence-electron chi connectivity index (χ4n) is 1.30. The summed E-state index contributed by atoms with van der Waals surface area (Å²) in [6.07, 6.45) is 1.54. The van der Waals surface area contributed by atoms with Crippen LogP contribution < -0.4 is 5.73 Å². The van der Waals surface area contributed by atoms with E-state index in [2.05, 4.69) is 0 Å². The van der Waals surface area contributed by atoms with Crippen LogP contribution >= 0.6 is 0 Å². The van der Waals surface area contributed by atoms with Gasteiger partial charge in [0.1, 0.15) is 0 Å². The maximum absolute atomic E-state index is 11.4. The van der Waals surface area contributed by atoms with Crippen LogP contribution in [0.5, 0.6) is 0 Å². The predicted molar refractivity (Wildman–Crippen MR) is 61.8 cm³/mol. The summed E-state index contributed by atoms with van der Waals surface area (Å²) in [6.45, 7) is 0.481.